The van der Waals surface area contributed by atoms with Crippen LogP contribution in [0.5, 0.6) is 0 Å². The van der Waals surface area contributed by atoms with Gasteiger partial charge in [0.25, 0.3) is 0 Å². The molecule has 0 aliphatic rings. The minimum Gasteiger partial charge on any atom is -0.354 e. The van der Waals surface area contributed by atoms with Gasteiger partial charge in [0.05, 0.1) is 16.6 Å². The predicted octanol–water partition coefficient (Wildman–Crippen LogP) is 3.11. The van der Waals surface area contributed by atoms with Crippen LogP contribution >= 0.6 is 0 Å². The Morgan fingerprint density at radius 1 is 1.15 bits per heavy atom. The van der Waals surface area contributed by atoms with Crippen LogP contribution in [0.3, 0.4) is 0 Å². The highest BCUT2D eigenvalue weighted by Gasteiger charge is 2.11. The molecule has 0 unspecified atom stereocenters. The summed E-state index contributed by atoms with van der Waals surface area (Å²) in [5.74, 6) is 0.695. The summed E-state index contributed by atoms with van der Waals surface area (Å²) >= 11 is 0. The third kappa shape index (κ3) is 3.06. The van der Waals surface area contributed by atoms with E-state index in [0.717, 1.165) is 27.8 Å². The molecule has 3 heterocycles. The van der Waals surface area contributed by atoms with Crippen LogP contribution in [0.15, 0.2) is 59.9 Å². The third-order valence-electron chi connectivity index (χ3n) is 4.11. The van der Waals surface area contributed by atoms with E-state index in [1.165, 1.54) is 6.26 Å². The van der Waals surface area contributed by atoms with Crippen molar-refractivity contribution in [2.75, 3.05) is 11.6 Å². The highest BCUT2D eigenvalue weighted by molar-refractivity contribution is 7.90. The number of hydrogen-bond acceptors (Lipinski definition) is 5. The second-order valence-electron chi connectivity index (χ2n) is 6.13. The van der Waals surface area contributed by atoms with Crippen LogP contribution in [-0.4, -0.2) is 34.4 Å². The first-order valence-corrected chi connectivity index (χ1v) is 9.83. The maximum atomic E-state index is 11.6. The summed E-state index contributed by atoms with van der Waals surface area (Å²) in [4.78, 5) is 8.07. The summed E-state index contributed by atoms with van der Waals surface area (Å²) in [6.07, 6.45) is 6.65. The van der Waals surface area contributed by atoms with Crippen LogP contribution in [0, 0.1) is 0 Å². The molecule has 2 N–H and O–H groups in total. The van der Waals surface area contributed by atoms with Crippen molar-refractivity contribution >= 4 is 32.2 Å². The Bertz CT molecular complexity index is 1190. The van der Waals surface area contributed by atoms with Gasteiger partial charge in [0.1, 0.15) is 5.82 Å². The van der Waals surface area contributed by atoms with Crippen molar-refractivity contribution in [1.29, 1.82) is 0 Å². The summed E-state index contributed by atoms with van der Waals surface area (Å²) in [7, 11) is -1.33. The molecule has 3 aromatic heterocycles. The first-order valence-electron chi connectivity index (χ1n) is 7.94. The molecule has 0 aliphatic heterocycles. The van der Waals surface area contributed by atoms with Gasteiger partial charge in [-0.25, -0.2) is 13.4 Å². The van der Waals surface area contributed by atoms with E-state index in [1.54, 1.807) is 41.3 Å². The maximum Gasteiger partial charge on any atom is 0.175 e. The SMILES string of the molecule is Cn1cc(-c2cc3c(Nc4ccc(S(C)(=O)=O)cc4)nccc3[nH]2)cn1. The molecule has 0 spiro atoms. The number of pyridine rings is 1. The number of aromatic amines is 1. The molecule has 0 saturated heterocycles. The van der Waals surface area contributed by atoms with E-state index < -0.39 is 9.84 Å². The van der Waals surface area contributed by atoms with Crippen molar-refractivity contribution in [3.63, 3.8) is 0 Å². The lowest BCUT2D eigenvalue weighted by Crippen LogP contribution is -1.98. The van der Waals surface area contributed by atoms with Gasteiger partial charge < -0.3 is 10.3 Å². The number of aromatic nitrogens is 4. The van der Waals surface area contributed by atoms with Crippen LogP contribution in [0.25, 0.3) is 22.2 Å². The largest absolute Gasteiger partial charge is 0.354 e. The first kappa shape index (κ1) is 16.3. The molecule has 0 saturated carbocycles. The number of hydrogen-bond donors (Lipinski definition) is 2. The van der Waals surface area contributed by atoms with Crippen LogP contribution in [-0.2, 0) is 16.9 Å². The zero-order chi connectivity index (χ0) is 18.3. The van der Waals surface area contributed by atoms with Gasteiger partial charge in [-0.1, -0.05) is 0 Å². The van der Waals surface area contributed by atoms with E-state index >= 15 is 0 Å². The summed E-state index contributed by atoms with van der Waals surface area (Å²) < 4.78 is 24.9. The van der Waals surface area contributed by atoms with Crippen molar-refractivity contribution < 1.29 is 8.42 Å². The molecule has 0 aliphatic carbocycles. The number of nitrogens with one attached hydrogen (secondary N) is 2. The zero-order valence-corrected chi connectivity index (χ0v) is 15.1. The second-order valence-corrected chi connectivity index (χ2v) is 8.14. The summed E-state index contributed by atoms with van der Waals surface area (Å²) in [5, 5.41) is 8.39. The number of anilines is 2. The van der Waals surface area contributed by atoms with Gasteiger partial charge in [-0.3, -0.25) is 4.68 Å². The maximum absolute atomic E-state index is 11.6. The molecule has 26 heavy (non-hydrogen) atoms. The molecule has 1 aromatic carbocycles. The van der Waals surface area contributed by atoms with Gasteiger partial charge in [0.2, 0.25) is 0 Å². The van der Waals surface area contributed by atoms with Gasteiger partial charge in [-0.15, -0.1) is 0 Å². The molecule has 0 atom stereocenters. The number of sulfone groups is 1. The molecule has 0 bridgehead atoms. The van der Waals surface area contributed by atoms with Crippen molar-refractivity contribution in [1.82, 2.24) is 19.7 Å². The van der Waals surface area contributed by atoms with E-state index in [1.807, 2.05) is 25.4 Å². The molecule has 4 rings (SSSR count). The Morgan fingerprint density at radius 2 is 1.92 bits per heavy atom. The highest BCUT2D eigenvalue weighted by Crippen LogP contribution is 2.29. The van der Waals surface area contributed by atoms with Crippen molar-refractivity contribution in [2.45, 2.75) is 4.90 Å². The Kier molecular flexibility index (Phi) is 3.77. The quantitative estimate of drug-likeness (QED) is 0.578. The lowest BCUT2D eigenvalue weighted by Gasteiger charge is -2.07. The summed E-state index contributed by atoms with van der Waals surface area (Å²) in [6.45, 7) is 0. The number of nitrogens with zero attached hydrogens (tertiary/aromatic N) is 3. The molecule has 7 nitrogen and oxygen atoms in total. The van der Waals surface area contributed by atoms with E-state index in [9.17, 15) is 8.42 Å². The van der Waals surface area contributed by atoms with Crippen molar-refractivity contribution in [2.24, 2.45) is 7.05 Å². The fourth-order valence-corrected chi connectivity index (χ4v) is 3.42. The zero-order valence-electron chi connectivity index (χ0n) is 14.3. The highest BCUT2D eigenvalue weighted by atomic mass is 32.2. The molecule has 4 aromatic rings. The number of H-pyrrole nitrogens is 1. The minimum atomic E-state index is -3.21. The Hall–Kier alpha value is -3.13. The molecule has 132 valence electrons. The van der Waals surface area contributed by atoms with E-state index in [2.05, 4.69) is 20.4 Å². The molecule has 8 heteroatoms. The minimum absolute atomic E-state index is 0.287. The van der Waals surface area contributed by atoms with Gasteiger partial charge in [0, 0.05) is 48.0 Å². The van der Waals surface area contributed by atoms with Crippen LogP contribution in [0.1, 0.15) is 0 Å². The van der Waals surface area contributed by atoms with Gasteiger partial charge in [-0.2, -0.15) is 5.10 Å². The van der Waals surface area contributed by atoms with Crippen molar-refractivity contribution in [3.05, 3.63) is 55.0 Å². The number of aryl methyl sites for hydroxylation is 1. The lowest BCUT2D eigenvalue weighted by atomic mass is 10.2. The van der Waals surface area contributed by atoms with E-state index in [-0.39, 0.29) is 4.90 Å². The summed E-state index contributed by atoms with van der Waals surface area (Å²) in [6, 6.07) is 10.5. The Balaban J connectivity index is 1.69. The molecule has 0 fully saturated rings. The second kappa shape index (κ2) is 5.99. The average molecular weight is 367 g/mol. The van der Waals surface area contributed by atoms with Crippen LogP contribution < -0.4 is 5.32 Å². The Labute approximate surface area is 150 Å². The van der Waals surface area contributed by atoms with E-state index in [0.29, 0.717) is 5.82 Å². The lowest BCUT2D eigenvalue weighted by molar-refractivity contribution is 0.602. The van der Waals surface area contributed by atoms with Gasteiger partial charge in [-0.05, 0) is 36.4 Å². The smallest absolute Gasteiger partial charge is 0.175 e. The number of rotatable bonds is 4. The first-order chi connectivity index (χ1) is 12.4. The predicted molar refractivity (Wildman–Crippen MR) is 101 cm³/mol. The van der Waals surface area contributed by atoms with Crippen LogP contribution in [0.4, 0.5) is 11.5 Å². The van der Waals surface area contributed by atoms with Crippen molar-refractivity contribution in [3.8, 4) is 11.3 Å². The number of fused-ring (bicyclic) bond motifs is 1. The third-order valence-corrected chi connectivity index (χ3v) is 5.24. The molecule has 0 amide bonds. The topological polar surface area (TPSA) is 92.7 Å². The van der Waals surface area contributed by atoms with Gasteiger partial charge in [0.15, 0.2) is 9.84 Å². The Morgan fingerprint density at radius 3 is 2.58 bits per heavy atom. The standard InChI is InChI=1S/C18H17N5O2S/c1-23-11-12(10-20-23)17-9-15-16(22-17)7-8-19-18(15)21-13-3-5-14(6-4-13)26(2,24)25/h3-11,22H,1-2H3,(H,19,21). The number of benzene rings is 1. The molecule has 0 radical (unpaired) electrons. The molecular weight excluding hydrogens is 350 g/mol. The fraction of sp³-hybridized carbons (Fsp3) is 0.111. The normalized spacial score (nSPS) is 11.8. The van der Waals surface area contributed by atoms with E-state index in [4.69, 9.17) is 0 Å². The fourth-order valence-electron chi connectivity index (χ4n) is 2.79. The van der Waals surface area contributed by atoms with Gasteiger partial charge >= 0.3 is 0 Å². The monoisotopic (exact) mass is 367 g/mol. The van der Waals surface area contributed by atoms with Crippen LogP contribution in [0.2, 0.25) is 0 Å². The summed E-state index contributed by atoms with van der Waals surface area (Å²) in [5.41, 5.74) is 3.67. The molecular formula is C18H17N5O2S. The average Bonchev–Trinajstić information content (AvgIpc) is 3.21.